The van der Waals surface area contributed by atoms with Crippen LogP contribution in [0.2, 0.25) is 0 Å². The zero-order valence-corrected chi connectivity index (χ0v) is 15.3. The van der Waals surface area contributed by atoms with Crippen LogP contribution in [-0.2, 0) is 11.2 Å². The van der Waals surface area contributed by atoms with Gasteiger partial charge in [-0.05, 0) is 18.2 Å². The van der Waals surface area contributed by atoms with Crippen LogP contribution in [0.4, 0.5) is 10.8 Å². The maximum absolute atomic E-state index is 12.3. The number of hydrogen-bond acceptors (Lipinski definition) is 9. The van der Waals surface area contributed by atoms with Crippen molar-refractivity contribution in [3.8, 4) is 0 Å². The summed E-state index contributed by atoms with van der Waals surface area (Å²) >= 11 is 2.32. The van der Waals surface area contributed by atoms with Gasteiger partial charge in [0.25, 0.3) is 5.91 Å². The molecule has 1 aromatic carbocycles. The second-order valence-corrected chi connectivity index (χ2v) is 6.72. The zero-order chi connectivity index (χ0) is 18.6. The first-order chi connectivity index (χ1) is 13.2. The van der Waals surface area contributed by atoms with E-state index in [1.165, 1.54) is 23.7 Å². The molecule has 0 fully saturated rings. The number of anilines is 2. The Kier molecular flexibility index (Phi) is 4.77. The van der Waals surface area contributed by atoms with Crippen molar-refractivity contribution in [3.05, 3.63) is 53.6 Å². The van der Waals surface area contributed by atoms with Crippen LogP contribution in [0.15, 0.2) is 42.0 Å². The normalized spacial score (nSPS) is 10.7. The Labute approximate surface area is 160 Å². The summed E-state index contributed by atoms with van der Waals surface area (Å²) in [5, 5.41) is 7.53. The first kappa shape index (κ1) is 17.1. The molecule has 2 N–H and O–H groups in total. The van der Waals surface area contributed by atoms with Crippen molar-refractivity contribution < 1.29 is 9.59 Å². The molecule has 11 heteroatoms. The number of hydrogen-bond donors (Lipinski definition) is 2. The van der Waals surface area contributed by atoms with Crippen LogP contribution in [0, 0.1) is 0 Å². The minimum atomic E-state index is -0.455. The van der Waals surface area contributed by atoms with E-state index < -0.39 is 5.91 Å². The van der Waals surface area contributed by atoms with Crippen molar-refractivity contribution >= 4 is 56.7 Å². The smallest absolute Gasteiger partial charge is 0.295 e. The fraction of sp³-hybridized carbons (Fsp3) is 0.0625. The Balaban J connectivity index is 1.39. The van der Waals surface area contributed by atoms with Crippen LogP contribution in [0.1, 0.15) is 16.3 Å². The van der Waals surface area contributed by atoms with E-state index >= 15 is 0 Å². The summed E-state index contributed by atoms with van der Waals surface area (Å²) < 4.78 is 8.33. The third kappa shape index (κ3) is 3.93. The van der Waals surface area contributed by atoms with E-state index in [1.807, 2.05) is 12.1 Å². The van der Waals surface area contributed by atoms with Gasteiger partial charge in [0.2, 0.25) is 11.7 Å². The number of aromatic nitrogens is 5. The number of amides is 2. The molecule has 0 unspecified atom stereocenters. The molecule has 4 aromatic rings. The van der Waals surface area contributed by atoms with E-state index in [0.29, 0.717) is 22.0 Å². The minimum Gasteiger partial charge on any atom is -0.324 e. The molecular weight excluding hydrogens is 386 g/mol. The molecule has 3 heterocycles. The van der Waals surface area contributed by atoms with Crippen LogP contribution in [0.25, 0.3) is 11.0 Å². The lowest BCUT2D eigenvalue weighted by Gasteiger charge is -2.04. The van der Waals surface area contributed by atoms with Crippen molar-refractivity contribution in [1.29, 1.82) is 0 Å². The highest BCUT2D eigenvalue weighted by atomic mass is 32.1. The summed E-state index contributed by atoms with van der Waals surface area (Å²) in [6.07, 6.45) is 3.04. The molecular formula is C16H11N7O2S2. The molecule has 0 aliphatic heterocycles. The van der Waals surface area contributed by atoms with Gasteiger partial charge in [-0.3, -0.25) is 14.9 Å². The number of rotatable bonds is 5. The molecule has 4 rings (SSSR count). The standard InChI is InChI=1S/C16H11N7O2S2/c24-12(20-10-3-1-4-11-13(10)23-27-22-11)7-9-8-26-16(19-9)21-15(25)14-17-5-2-6-18-14/h1-6,8H,7H2,(H,20,24)(H,19,21,25). The van der Waals surface area contributed by atoms with Crippen molar-refractivity contribution in [1.82, 2.24) is 23.7 Å². The number of thiazole rings is 1. The van der Waals surface area contributed by atoms with Gasteiger partial charge >= 0.3 is 0 Å². The molecule has 3 aromatic heterocycles. The maximum atomic E-state index is 12.3. The highest BCUT2D eigenvalue weighted by Gasteiger charge is 2.14. The monoisotopic (exact) mass is 397 g/mol. The number of nitrogens with one attached hydrogen (secondary N) is 2. The van der Waals surface area contributed by atoms with Gasteiger partial charge in [0.05, 0.1) is 29.5 Å². The summed E-state index contributed by atoms with van der Waals surface area (Å²) in [7, 11) is 0. The summed E-state index contributed by atoms with van der Waals surface area (Å²) in [4.78, 5) is 36.3. The van der Waals surface area contributed by atoms with Gasteiger partial charge in [0.15, 0.2) is 5.13 Å². The predicted molar refractivity (Wildman–Crippen MR) is 102 cm³/mol. The third-order valence-electron chi connectivity index (χ3n) is 3.44. The largest absolute Gasteiger partial charge is 0.324 e. The summed E-state index contributed by atoms with van der Waals surface area (Å²) in [6, 6.07) is 7.04. The van der Waals surface area contributed by atoms with Crippen molar-refractivity contribution in [2.75, 3.05) is 10.6 Å². The average Bonchev–Trinajstić information content (AvgIpc) is 3.32. The average molecular weight is 397 g/mol. The second kappa shape index (κ2) is 7.51. The minimum absolute atomic E-state index is 0.0527. The van der Waals surface area contributed by atoms with E-state index in [4.69, 9.17) is 0 Å². The molecule has 9 nitrogen and oxygen atoms in total. The first-order valence-corrected chi connectivity index (χ1v) is 9.34. The van der Waals surface area contributed by atoms with Gasteiger partial charge < -0.3 is 5.32 Å². The highest BCUT2D eigenvalue weighted by molar-refractivity contribution is 7.14. The predicted octanol–water partition coefficient (Wildman–Crippen LogP) is 2.37. The summed E-state index contributed by atoms with van der Waals surface area (Å²) in [5.74, 6) is -0.634. The maximum Gasteiger partial charge on any atom is 0.295 e. The van der Waals surface area contributed by atoms with Crippen LogP contribution >= 0.6 is 23.1 Å². The molecule has 0 spiro atoms. The number of benzene rings is 1. The molecule has 0 saturated carbocycles. The third-order valence-corrected chi connectivity index (χ3v) is 4.79. The van der Waals surface area contributed by atoms with Crippen molar-refractivity contribution in [2.45, 2.75) is 6.42 Å². The lowest BCUT2D eigenvalue weighted by atomic mass is 10.2. The lowest BCUT2D eigenvalue weighted by molar-refractivity contribution is -0.115. The van der Waals surface area contributed by atoms with Gasteiger partial charge in [-0.2, -0.15) is 8.75 Å². The highest BCUT2D eigenvalue weighted by Crippen LogP contribution is 2.22. The molecule has 0 aliphatic rings. The van der Waals surface area contributed by atoms with Crippen LogP contribution in [-0.4, -0.2) is 35.5 Å². The van der Waals surface area contributed by atoms with Gasteiger partial charge in [0, 0.05) is 17.8 Å². The molecule has 0 saturated heterocycles. The van der Waals surface area contributed by atoms with Gasteiger partial charge in [0.1, 0.15) is 11.0 Å². The number of fused-ring (bicyclic) bond motifs is 1. The number of carbonyl (C=O) groups is 2. The zero-order valence-electron chi connectivity index (χ0n) is 13.6. The topological polar surface area (TPSA) is 123 Å². The molecule has 134 valence electrons. The molecule has 0 radical (unpaired) electrons. The Morgan fingerprint density at radius 1 is 1.04 bits per heavy atom. The van der Waals surface area contributed by atoms with E-state index in [-0.39, 0.29) is 18.2 Å². The van der Waals surface area contributed by atoms with Crippen molar-refractivity contribution in [3.63, 3.8) is 0 Å². The first-order valence-electron chi connectivity index (χ1n) is 7.73. The Hall–Kier alpha value is -3.31. The summed E-state index contributed by atoms with van der Waals surface area (Å²) in [6.45, 7) is 0. The SMILES string of the molecule is O=C(Cc1csc(NC(=O)c2ncccn2)n1)Nc1cccc2nsnc12. The van der Waals surface area contributed by atoms with E-state index in [9.17, 15) is 9.59 Å². The Morgan fingerprint density at radius 2 is 1.89 bits per heavy atom. The van der Waals surface area contributed by atoms with Crippen LogP contribution < -0.4 is 10.6 Å². The van der Waals surface area contributed by atoms with Crippen molar-refractivity contribution in [2.24, 2.45) is 0 Å². The van der Waals surface area contributed by atoms with Crippen LogP contribution in [0.3, 0.4) is 0 Å². The molecule has 0 bridgehead atoms. The number of carbonyl (C=O) groups excluding carboxylic acids is 2. The molecule has 0 atom stereocenters. The Bertz CT molecular complexity index is 1110. The van der Waals surface area contributed by atoms with E-state index in [0.717, 1.165) is 17.2 Å². The fourth-order valence-electron chi connectivity index (χ4n) is 2.28. The van der Waals surface area contributed by atoms with E-state index in [1.54, 1.807) is 17.5 Å². The van der Waals surface area contributed by atoms with E-state index in [2.05, 4.69) is 34.3 Å². The quantitative estimate of drug-likeness (QED) is 0.530. The fourth-order valence-corrected chi connectivity index (χ4v) is 3.54. The van der Waals surface area contributed by atoms with Gasteiger partial charge in [-0.25, -0.2) is 15.0 Å². The Morgan fingerprint density at radius 3 is 2.74 bits per heavy atom. The van der Waals surface area contributed by atoms with Gasteiger partial charge in [-0.1, -0.05) is 6.07 Å². The molecule has 27 heavy (non-hydrogen) atoms. The molecule has 0 aliphatic carbocycles. The summed E-state index contributed by atoms with van der Waals surface area (Å²) in [5.41, 5.74) is 2.55. The lowest BCUT2D eigenvalue weighted by Crippen LogP contribution is -2.16. The molecule has 2 amide bonds. The van der Waals surface area contributed by atoms with Gasteiger partial charge in [-0.15, -0.1) is 11.3 Å². The van der Waals surface area contributed by atoms with Crippen LogP contribution in [0.5, 0.6) is 0 Å². The number of nitrogens with zero attached hydrogens (tertiary/aromatic N) is 5. The second-order valence-electron chi connectivity index (χ2n) is 5.33.